The van der Waals surface area contributed by atoms with Gasteiger partial charge in [-0.2, -0.15) is 13.2 Å². The number of alkyl halides is 3. The van der Waals surface area contributed by atoms with Gasteiger partial charge in [0.05, 0.1) is 5.56 Å². The van der Waals surface area contributed by atoms with Crippen LogP contribution >= 0.6 is 24.0 Å². The van der Waals surface area contributed by atoms with Crippen LogP contribution < -0.4 is 5.32 Å². The van der Waals surface area contributed by atoms with E-state index in [1.165, 1.54) is 19.2 Å². The van der Waals surface area contributed by atoms with E-state index in [0.717, 1.165) is 6.07 Å². The van der Waals surface area contributed by atoms with Crippen molar-refractivity contribution in [1.82, 2.24) is 0 Å². The van der Waals surface area contributed by atoms with Gasteiger partial charge >= 0.3 is 6.18 Å². The van der Waals surface area contributed by atoms with Crippen LogP contribution in [0.1, 0.15) is 5.56 Å². The van der Waals surface area contributed by atoms with E-state index in [2.05, 4.69) is 5.32 Å². The monoisotopic (exact) mass is 245 g/mol. The van der Waals surface area contributed by atoms with Crippen molar-refractivity contribution in [1.29, 1.82) is 0 Å². The Hall–Kier alpha value is -0.610. The summed E-state index contributed by atoms with van der Waals surface area (Å²) in [4.78, 5) is 0. The molecule has 0 aromatic heterocycles. The van der Waals surface area contributed by atoms with Crippen molar-refractivity contribution >= 4 is 29.7 Å². The summed E-state index contributed by atoms with van der Waals surface area (Å²) < 4.78 is 36.9. The van der Waals surface area contributed by atoms with Crippen molar-refractivity contribution in [3.63, 3.8) is 0 Å². The Morgan fingerprint density at radius 1 is 1.29 bits per heavy atom. The lowest BCUT2D eigenvalue weighted by Crippen LogP contribution is -2.08. The van der Waals surface area contributed by atoms with Gasteiger partial charge in [0.15, 0.2) is 0 Å². The van der Waals surface area contributed by atoms with E-state index in [-0.39, 0.29) is 23.1 Å². The van der Waals surface area contributed by atoms with Crippen LogP contribution in [0.15, 0.2) is 18.2 Å². The molecule has 1 rings (SSSR count). The van der Waals surface area contributed by atoms with Gasteiger partial charge in [-0.3, -0.25) is 0 Å². The number of nitrogens with one attached hydrogen (secondary N) is 1. The van der Waals surface area contributed by atoms with Crippen LogP contribution in [0, 0.1) is 0 Å². The summed E-state index contributed by atoms with van der Waals surface area (Å²) >= 11 is 5.54. The zero-order valence-corrected chi connectivity index (χ0v) is 8.72. The lowest BCUT2D eigenvalue weighted by Gasteiger charge is -2.12. The van der Waals surface area contributed by atoms with Crippen molar-refractivity contribution < 1.29 is 13.2 Å². The molecule has 0 atom stereocenters. The summed E-state index contributed by atoms with van der Waals surface area (Å²) in [5, 5.41) is 2.71. The molecule has 0 aliphatic carbocycles. The maximum atomic E-state index is 12.3. The third-order valence-electron chi connectivity index (χ3n) is 1.56. The number of halogens is 5. The number of hydrogen-bond acceptors (Lipinski definition) is 1. The van der Waals surface area contributed by atoms with Crippen molar-refractivity contribution in [2.24, 2.45) is 0 Å². The highest BCUT2D eigenvalue weighted by molar-refractivity contribution is 6.30. The molecule has 0 radical (unpaired) electrons. The number of hydrogen-bond donors (Lipinski definition) is 1. The van der Waals surface area contributed by atoms with Crippen LogP contribution in [0.5, 0.6) is 0 Å². The number of benzene rings is 1. The quantitative estimate of drug-likeness (QED) is 0.794. The Morgan fingerprint density at radius 2 is 1.86 bits per heavy atom. The molecule has 0 unspecified atom stereocenters. The molecule has 0 amide bonds. The topological polar surface area (TPSA) is 12.0 Å². The molecule has 0 heterocycles. The Balaban J connectivity index is 0.00000169. The number of rotatable bonds is 1. The van der Waals surface area contributed by atoms with E-state index >= 15 is 0 Å². The summed E-state index contributed by atoms with van der Waals surface area (Å²) in [5.74, 6) is 0. The Kier molecular flexibility index (Phi) is 4.55. The minimum atomic E-state index is -4.34. The first kappa shape index (κ1) is 13.4. The summed E-state index contributed by atoms with van der Waals surface area (Å²) in [7, 11) is 1.42. The minimum Gasteiger partial charge on any atom is -0.388 e. The third-order valence-corrected chi connectivity index (χ3v) is 1.79. The second kappa shape index (κ2) is 4.75. The Labute approximate surface area is 90.7 Å². The van der Waals surface area contributed by atoms with Crippen LogP contribution in [0.25, 0.3) is 0 Å². The van der Waals surface area contributed by atoms with E-state index in [0.29, 0.717) is 0 Å². The van der Waals surface area contributed by atoms with E-state index in [1.807, 2.05) is 0 Å². The van der Waals surface area contributed by atoms with Crippen molar-refractivity contribution in [3.05, 3.63) is 28.8 Å². The van der Waals surface area contributed by atoms with Gasteiger partial charge in [0.1, 0.15) is 0 Å². The standard InChI is InChI=1S/C8H7ClF3N.ClH/c1-13-7-4-5(9)2-3-6(7)8(10,11)12;/h2-4,13H,1H3;1H. The van der Waals surface area contributed by atoms with Gasteiger partial charge in [0.25, 0.3) is 0 Å². The molecule has 0 bridgehead atoms. The smallest absolute Gasteiger partial charge is 0.388 e. The number of anilines is 1. The molecule has 0 saturated carbocycles. The van der Waals surface area contributed by atoms with Gasteiger partial charge in [0, 0.05) is 17.8 Å². The summed E-state index contributed by atoms with van der Waals surface area (Å²) in [5.41, 5.74) is -0.723. The van der Waals surface area contributed by atoms with Gasteiger partial charge in [-0.15, -0.1) is 12.4 Å². The first-order valence-electron chi connectivity index (χ1n) is 3.49. The molecule has 14 heavy (non-hydrogen) atoms. The first-order valence-corrected chi connectivity index (χ1v) is 3.87. The van der Waals surface area contributed by atoms with E-state index in [4.69, 9.17) is 11.6 Å². The largest absolute Gasteiger partial charge is 0.418 e. The molecule has 1 nitrogen and oxygen atoms in total. The van der Waals surface area contributed by atoms with Gasteiger partial charge in [0.2, 0.25) is 0 Å². The molecule has 0 aliphatic heterocycles. The normalized spacial score (nSPS) is 10.6. The van der Waals surface area contributed by atoms with Crippen LogP contribution in [0.4, 0.5) is 18.9 Å². The fraction of sp³-hybridized carbons (Fsp3) is 0.250. The first-order chi connectivity index (χ1) is 5.95. The second-order valence-corrected chi connectivity index (χ2v) is 2.87. The summed E-state index contributed by atoms with van der Waals surface area (Å²) in [6.07, 6.45) is -4.34. The highest BCUT2D eigenvalue weighted by atomic mass is 35.5. The molecule has 1 aromatic carbocycles. The van der Waals surface area contributed by atoms with Gasteiger partial charge in [-0.1, -0.05) is 11.6 Å². The molecule has 0 aliphatic rings. The zero-order valence-electron chi connectivity index (χ0n) is 7.15. The molecular formula is C8H8Cl2F3N. The fourth-order valence-corrected chi connectivity index (χ4v) is 1.14. The molecule has 0 saturated heterocycles. The van der Waals surface area contributed by atoms with E-state index < -0.39 is 11.7 Å². The molecular weight excluding hydrogens is 238 g/mol. The van der Waals surface area contributed by atoms with Crippen molar-refractivity contribution in [2.75, 3.05) is 12.4 Å². The predicted octanol–water partition coefficient (Wildman–Crippen LogP) is 3.82. The third kappa shape index (κ3) is 2.96. The van der Waals surface area contributed by atoms with Gasteiger partial charge < -0.3 is 5.32 Å². The van der Waals surface area contributed by atoms with Crippen LogP contribution in [-0.2, 0) is 6.18 Å². The molecule has 1 aromatic rings. The predicted molar refractivity (Wildman–Crippen MR) is 53.2 cm³/mol. The second-order valence-electron chi connectivity index (χ2n) is 2.44. The highest BCUT2D eigenvalue weighted by Gasteiger charge is 2.33. The van der Waals surface area contributed by atoms with Crippen molar-refractivity contribution in [3.8, 4) is 0 Å². The van der Waals surface area contributed by atoms with Gasteiger partial charge in [-0.25, -0.2) is 0 Å². The van der Waals surface area contributed by atoms with Crippen LogP contribution in [-0.4, -0.2) is 7.05 Å². The Bertz CT molecular complexity index is 312. The molecule has 0 fully saturated rings. The van der Waals surface area contributed by atoms with Gasteiger partial charge in [-0.05, 0) is 18.2 Å². The zero-order chi connectivity index (χ0) is 10.1. The fourth-order valence-electron chi connectivity index (χ4n) is 0.971. The average Bonchev–Trinajstić information content (AvgIpc) is 2.01. The SMILES string of the molecule is CNc1cc(Cl)ccc1C(F)(F)F.Cl. The average molecular weight is 246 g/mol. The molecule has 6 heteroatoms. The maximum absolute atomic E-state index is 12.3. The lowest BCUT2D eigenvalue weighted by molar-refractivity contribution is -0.136. The minimum absolute atomic E-state index is 0. The lowest BCUT2D eigenvalue weighted by atomic mass is 10.1. The van der Waals surface area contributed by atoms with Crippen LogP contribution in [0.2, 0.25) is 5.02 Å². The Morgan fingerprint density at radius 3 is 2.29 bits per heavy atom. The highest BCUT2D eigenvalue weighted by Crippen LogP contribution is 2.35. The molecule has 0 spiro atoms. The summed E-state index contributed by atoms with van der Waals surface area (Å²) in [6.45, 7) is 0. The molecule has 1 N–H and O–H groups in total. The van der Waals surface area contributed by atoms with Crippen LogP contribution in [0.3, 0.4) is 0 Å². The van der Waals surface area contributed by atoms with E-state index in [9.17, 15) is 13.2 Å². The maximum Gasteiger partial charge on any atom is 0.418 e. The van der Waals surface area contributed by atoms with Crippen molar-refractivity contribution in [2.45, 2.75) is 6.18 Å². The van der Waals surface area contributed by atoms with E-state index in [1.54, 1.807) is 0 Å². The molecule has 80 valence electrons. The summed E-state index contributed by atoms with van der Waals surface area (Å²) in [6, 6.07) is 3.41.